The third kappa shape index (κ3) is 3.22. The van der Waals surface area contributed by atoms with Crippen LogP contribution in [0.1, 0.15) is 26.5 Å². The van der Waals surface area contributed by atoms with E-state index >= 15 is 0 Å². The minimum atomic E-state index is -0.0751. The van der Waals surface area contributed by atoms with Crippen molar-refractivity contribution < 1.29 is 0 Å². The van der Waals surface area contributed by atoms with Gasteiger partial charge in [0.25, 0.3) is 0 Å². The molecule has 3 nitrogen and oxygen atoms in total. The highest BCUT2D eigenvalue weighted by Gasteiger charge is 2.19. The highest BCUT2D eigenvalue weighted by atomic mass is 35.5. The van der Waals surface area contributed by atoms with Crippen LogP contribution < -0.4 is 5.32 Å². The predicted octanol–water partition coefficient (Wildman–Crippen LogP) is 4.79. The number of hydrogen-bond acceptors (Lipinski definition) is 3. The minimum absolute atomic E-state index is 0.0751. The summed E-state index contributed by atoms with van der Waals surface area (Å²) in [5.74, 6) is 1.34. The van der Waals surface area contributed by atoms with E-state index < -0.39 is 0 Å². The molecule has 0 bridgehead atoms. The van der Waals surface area contributed by atoms with Crippen molar-refractivity contribution in [3.63, 3.8) is 0 Å². The standard InChI is InChI=1S/C15H17Cl2N3/c1-15(2,3)12-8-13(18-4)20-14(19-12)10-7-9(16)5-6-11(10)17/h5-8H,1-4H3,(H,18,19,20). The van der Waals surface area contributed by atoms with Crippen LogP contribution >= 0.6 is 23.2 Å². The number of benzene rings is 1. The first-order valence-corrected chi connectivity index (χ1v) is 7.09. The van der Waals surface area contributed by atoms with Crippen LogP contribution in [0.2, 0.25) is 10.0 Å². The predicted molar refractivity (Wildman–Crippen MR) is 85.7 cm³/mol. The first-order chi connectivity index (χ1) is 9.31. The van der Waals surface area contributed by atoms with Gasteiger partial charge in [0.1, 0.15) is 5.82 Å². The summed E-state index contributed by atoms with van der Waals surface area (Å²) in [6, 6.07) is 7.23. The SMILES string of the molecule is CNc1cc(C(C)(C)C)nc(-c2cc(Cl)ccc2Cl)n1. The molecule has 2 rings (SSSR count). The number of nitrogens with zero attached hydrogens (tertiary/aromatic N) is 2. The molecule has 1 aromatic heterocycles. The van der Waals surface area contributed by atoms with E-state index in [1.165, 1.54) is 0 Å². The van der Waals surface area contributed by atoms with Gasteiger partial charge in [-0.25, -0.2) is 9.97 Å². The molecule has 1 aromatic carbocycles. The smallest absolute Gasteiger partial charge is 0.163 e. The van der Waals surface area contributed by atoms with E-state index in [2.05, 4.69) is 36.1 Å². The molecule has 0 saturated carbocycles. The average Bonchev–Trinajstić information content (AvgIpc) is 2.40. The van der Waals surface area contributed by atoms with Crippen LogP contribution in [0.5, 0.6) is 0 Å². The van der Waals surface area contributed by atoms with E-state index in [1.54, 1.807) is 18.2 Å². The molecule has 5 heteroatoms. The quantitative estimate of drug-likeness (QED) is 0.866. The van der Waals surface area contributed by atoms with Crippen molar-refractivity contribution in [1.82, 2.24) is 9.97 Å². The molecule has 1 heterocycles. The summed E-state index contributed by atoms with van der Waals surface area (Å²) in [4.78, 5) is 9.10. The monoisotopic (exact) mass is 309 g/mol. The van der Waals surface area contributed by atoms with Gasteiger partial charge in [0, 0.05) is 29.1 Å². The third-order valence-corrected chi connectivity index (χ3v) is 3.48. The highest BCUT2D eigenvalue weighted by molar-refractivity contribution is 6.35. The summed E-state index contributed by atoms with van der Waals surface area (Å²) in [5, 5.41) is 4.25. The Morgan fingerprint density at radius 3 is 2.35 bits per heavy atom. The second-order valence-electron chi connectivity index (χ2n) is 5.59. The van der Waals surface area contributed by atoms with Gasteiger partial charge in [0.15, 0.2) is 5.82 Å². The molecule has 0 saturated heterocycles. The van der Waals surface area contributed by atoms with Crippen molar-refractivity contribution in [3.05, 3.63) is 40.0 Å². The third-order valence-electron chi connectivity index (χ3n) is 2.92. The zero-order valence-electron chi connectivity index (χ0n) is 12.0. The van der Waals surface area contributed by atoms with Gasteiger partial charge in [-0.1, -0.05) is 44.0 Å². The van der Waals surface area contributed by atoms with Crippen LogP contribution in [0.25, 0.3) is 11.4 Å². The molecule has 0 radical (unpaired) electrons. The highest BCUT2D eigenvalue weighted by Crippen LogP contribution is 2.31. The van der Waals surface area contributed by atoms with E-state index in [-0.39, 0.29) is 5.41 Å². The maximum atomic E-state index is 6.23. The molecular weight excluding hydrogens is 293 g/mol. The molecule has 0 aliphatic rings. The van der Waals surface area contributed by atoms with Gasteiger partial charge in [-0.3, -0.25) is 0 Å². The van der Waals surface area contributed by atoms with Crippen molar-refractivity contribution in [1.29, 1.82) is 0 Å². The van der Waals surface area contributed by atoms with Crippen LogP contribution in [-0.4, -0.2) is 17.0 Å². The molecule has 0 unspecified atom stereocenters. The van der Waals surface area contributed by atoms with E-state index in [0.29, 0.717) is 15.9 Å². The molecule has 0 aliphatic carbocycles. The number of rotatable bonds is 2. The Kier molecular flexibility index (Phi) is 4.21. The number of aromatic nitrogens is 2. The summed E-state index contributed by atoms with van der Waals surface area (Å²) in [7, 11) is 1.83. The Balaban J connectivity index is 2.64. The molecule has 0 fully saturated rings. The van der Waals surface area contributed by atoms with Crippen molar-refractivity contribution in [2.24, 2.45) is 0 Å². The fraction of sp³-hybridized carbons (Fsp3) is 0.333. The maximum absolute atomic E-state index is 6.23. The van der Waals surface area contributed by atoms with Gasteiger partial charge in [-0.05, 0) is 18.2 Å². The van der Waals surface area contributed by atoms with E-state index in [4.69, 9.17) is 23.2 Å². The average molecular weight is 310 g/mol. The van der Waals surface area contributed by atoms with Crippen LogP contribution in [0.3, 0.4) is 0 Å². The topological polar surface area (TPSA) is 37.8 Å². The molecular formula is C15H17Cl2N3. The van der Waals surface area contributed by atoms with Crippen LogP contribution in [0.4, 0.5) is 5.82 Å². The first kappa shape index (κ1) is 15.1. The summed E-state index contributed by atoms with van der Waals surface area (Å²) >= 11 is 12.3. The first-order valence-electron chi connectivity index (χ1n) is 6.34. The Hall–Kier alpha value is -1.32. The van der Waals surface area contributed by atoms with Gasteiger partial charge >= 0.3 is 0 Å². The van der Waals surface area contributed by atoms with Crippen molar-refractivity contribution in [2.45, 2.75) is 26.2 Å². The van der Waals surface area contributed by atoms with Crippen LogP contribution in [-0.2, 0) is 5.41 Å². The van der Waals surface area contributed by atoms with Crippen LogP contribution in [0.15, 0.2) is 24.3 Å². The normalized spacial score (nSPS) is 11.5. The lowest BCUT2D eigenvalue weighted by molar-refractivity contribution is 0.568. The number of anilines is 1. The Labute approximate surface area is 129 Å². The molecule has 0 amide bonds. The number of hydrogen-bond donors (Lipinski definition) is 1. The van der Waals surface area contributed by atoms with Crippen molar-refractivity contribution in [3.8, 4) is 11.4 Å². The molecule has 0 spiro atoms. The molecule has 2 aromatic rings. The van der Waals surface area contributed by atoms with Gasteiger partial charge in [-0.2, -0.15) is 0 Å². The zero-order chi connectivity index (χ0) is 14.9. The second kappa shape index (κ2) is 5.58. The molecule has 0 atom stereocenters. The number of nitrogens with one attached hydrogen (secondary N) is 1. The van der Waals surface area contributed by atoms with E-state index in [0.717, 1.165) is 17.1 Å². The molecule has 20 heavy (non-hydrogen) atoms. The lowest BCUT2D eigenvalue weighted by Crippen LogP contribution is -2.15. The number of halogens is 2. The summed E-state index contributed by atoms with van der Waals surface area (Å²) in [5.41, 5.74) is 1.61. The zero-order valence-corrected chi connectivity index (χ0v) is 13.5. The lowest BCUT2D eigenvalue weighted by Gasteiger charge is -2.19. The van der Waals surface area contributed by atoms with Crippen LogP contribution in [0, 0.1) is 0 Å². The second-order valence-corrected chi connectivity index (χ2v) is 6.43. The molecule has 1 N–H and O–H groups in total. The minimum Gasteiger partial charge on any atom is -0.373 e. The van der Waals surface area contributed by atoms with Gasteiger partial charge in [0.05, 0.1) is 10.7 Å². The van der Waals surface area contributed by atoms with Crippen molar-refractivity contribution in [2.75, 3.05) is 12.4 Å². The maximum Gasteiger partial charge on any atom is 0.163 e. The Morgan fingerprint density at radius 1 is 1.05 bits per heavy atom. The molecule has 0 aliphatic heterocycles. The van der Waals surface area contributed by atoms with E-state index in [1.807, 2.05) is 13.1 Å². The molecule has 106 valence electrons. The summed E-state index contributed by atoms with van der Waals surface area (Å²) in [6.45, 7) is 6.33. The van der Waals surface area contributed by atoms with Gasteiger partial charge in [-0.15, -0.1) is 0 Å². The van der Waals surface area contributed by atoms with E-state index in [9.17, 15) is 0 Å². The van der Waals surface area contributed by atoms with Gasteiger partial charge in [0.2, 0.25) is 0 Å². The summed E-state index contributed by atoms with van der Waals surface area (Å²) < 4.78 is 0. The van der Waals surface area contributed by atoms with Crippen molar-refractivity contribution >= 4 is 29.0 Å². The Morgan fingerprint density at radius 2 is 1.75 bits per heavy atom. The summed E-state index contributed by atoms with van der Waals surface area (Å²) in [6.07, 6.45) is 0. The Bertz CT molecular complexity index is 634. The lowest BCUT2D eigenvalue weighted by atomic mass is 9.92. The van der Waals surface area contributed by atoms with Gasteiger partial charge < -0.3 is 5.32 Å². The largest absolute Gasteiger partial charge is 0.373 e. The fourth-order valence-electron chi connectivity index (χ4n) is 1.75. The fourth-order valence-corrected chi connectivity index (χ4v) is 2.12.